The Morgan fingerprint density at radius 2 is 1.85 bits per heavy atom. The van der Waals surface area contributed by atoms with Gasteiger partial charge in [-0.05, 0) is 23.6 Å². The molecule has 4 nitrogen and oxygen atoms in total. The summed E-state index contributed by atoms with van der Waals surface area (Å²) in [5.41, 5.74) is 1.28. The van der Waals surface area contributed by atoms with Gasteiger partial charge in [-0.15, -0.1) is 0 Å². The Morgan fingerprint density at radius 3 is 2.40 bits per heavy atom. The molecule has 1 unspecified atom stereocenters. The van der Waals surface area contributed by atoms with Crippen LogP contribution < -0.4 is 0 Å². The molecule has 1 amide bonds. The third-order valence-corrected chi connectivity index (χ3v) is 5.11. The van der Waals surface area contributed by atoms with Gasteiger partial charge >= 0.3 is 0 Å². The van der Waals surface area contributed by atoms with Crippen molar-refractivity contribution in [3.05, 3.63) is 30.1 Å². The van der Waals surface area contributed by atoms with Crippen LogP contribution in [0.25, 0.3) is 0 Å². The molecule has 1 aromatic heterocycles. The molecule has 0 saturated carbocycles. The predicted octanol–water partition coefficient (Wildman–Crippen LogP) is 2.15. The van der Waals surface area contributed by atoms with Crippen LogP contribution in [0.15, 0.2) is 24.5 Å². The summed E-state index contributed by atoms with van der Waals surface area (Å²) < 4.78 is 0. The van der Waals surface area contributed by atoms with Gasteiger partial charge in [-0.1, -0.05) is 29.8 Å². The first-order valence-corrected chi connectivity index (χ1v) is 8.03. The Hall–Kier alpha value is -0.940. The maximum atomic E-state index is 12.3. The fourth-order valence-electron chi connectivity index (χ4n) is 2.33. The van der Waals surface area contributed by atoms with Crippen LogP contribution in [0.1, 0.15) is 19.4 Å². The Kier molecular flexibility index (Phi) is 5.54. The molecule has 0 radical (unpaired) electrons. The van der Waals surface area contributed by atoms with Crippen molar-refractivity contribution in [1.29, 1.82) is 0 Å². The van der Waals surface area contributed by atoms with Crippen molar-refractivity contribution < 1.29 is 4.79 Å². The monoisotopic (exact) mass is 339 g/mol. The van der Waals surface area contributed by atoms with Gasteiger partial charge in [0.25, 0.3) is 0 Å². The average molecular weight is 340 g/mol. The molecule has 1 saturated heterocycles. The van der Waals surface area contributed by atoms with Gasteiger partial charge in [0.2, 0.25) is 5.91 Å². The van der Waals surface area contributed by atoms with Crippen molar-refractivity contribution in [3.8, 4) is 0 Å². The maximum Gasteiger partial charge on any atom is 0.236 e. The minimum atomic E-state index is -0.0609. The van der Waals surface area contributed by atoms with Gasteiger partial charge in [0, 0.05) is 45.1 Å². The van der Waals surface area contributed by atoms with E-state index in [0.29, 0.717) is 5.92 Å². The molecule has 1 atom stereocenters. The molecule has 0 spiro atoms. The van der Waals surface area contributed by atoms with Crippen molar-refractivity contribution >= 4 is 21.8 Å². The molecule has 1 aromatic rings. The number of nitrogens with zero attached hydrogens (tertiary/aromatic N) is 3. The molecular weight excluding hydrogens is 318 g/mol. The lowest BCUT2D eigenvalue weighted by Crippen LogP contribution is -2.50. The van der Waals surface area contributed by atoms with Crippen LogP contribution in [0, 0.1) is 5.92 Å². The molecule has 5 heteroatoms. The molecule has 20 heavy (non-hydrogen) atoms. The highest BCUT2D eigenvalue weighted by Crippen LogP contribution is 2.17. The molecular formula is C15H22BrN3O. The van der Waals surface area contributed by atoms with Gasteiger partial charge in [-0.3, -0.25) is 14.7 Å². The van der Waals surface area contributed by atoms with Crippen molar-refractivity contribution in [2.24, 2.45) is 5.92 Å². The van der Waals surface area contributed by atoms with Gasteiger partial charge < -0.3 is 4.90 Å². The second kappa shape index (κ2) is 7.18. The number of alkyl halides is 1. The first-order chi connectivity index (χ1) is 9.58. The second-order valence-corrected chi connectivity index (χ2v) is 6.59. The fraction of sp³-hybridized carbons (Fsp3) is 0.600. The van der Waals surface area contributed by atoms with E-state index in [1.165, 1.54) is 5.56 Å². The summed E-state index contributed by atoms with van der Waals surface area (Å²) in [6.45, 7) is 8.58. The smallest absolute Gasteiger partial charge is 0.236 e. The predicted molar refractivity (Wildman–Crippen MR) is 83.6 cm³/mol. The van der Waals surface area contributed by atoms with Gasteiger partial charge in [-0.2, -0.15) is 0 Å². The van der Waals surface area contributed by atoms with Crippen LogP contribution in [-0.4, -0.2) is 51.7 Å². The summed E-state index contributed by atoms with van der Waals surface area (Å²) in [6, 6.07) is 4.09. The molecule has 2 heterocycles. The van der Waals surface area contributed by atoms with Crippen LogP contribution >= 0.6 is 15.9 Å². The van der Waals surface area contributed by atoms with E-state index >= 15 is 0 Å². The van der Waals surface area contributed by atoms with E-state index < -0.39 is 0 Å². The summed E-state index contributed by atoms with van der Waals surface area (Å²) in [6.07, 6.45) is 3.65. The van der Waals surface area contributed by atoms with Crippen LogP contribution in [0.5, 0.6) is 0 Å². The second-order valence-electron chi connectivity index (χ2n) is 5.60. The number of aromatic nitrogens is 1. The van der Waals surface area contributed by atoms with Crippen molar-refractivity contribution in [2.45, 2.75) is 25.2 Å². The number of carbonyl (C=O) groups excluding carboxylic acids is 1. The number of pyridine rings is 1. The average Bonchev–Trinajstić information content (AvgIpc) is 2.47. The highest BCUT2D eigenvalue weighted by Gasteiger charge is 2.27. The van der Waals surface area contributed by atoms with E-state index in [9.17, 15) is 4.79 Å². The standard InChI is InChI=1S/C15H22BrN3O/c1-12(2)14(16)15(20)19-9-7-18(8-10-19)11-13-3-5-17-6-4-13/h3-6,12,14H,7-11H2,1-2H3. The fourth-order valence-corrected chi connectivity index (χ4v) is 2.62. The number of piperazine rings is 1. The van der Waals surface area contributed by atoms with Crippen molar-refractivity contribution in [2.75, 3.05) is 26.2 Å². The number of hydrogen-bond donors (Lipinski definition) is 0. The van der Waals surface area contributed by atoms with E-state index in [4.69, 9.17) is 0 Å². The lowest BCUT2D eigenvalue weighted by molar-refractivity contribution is -0.133. The molecule has 0 aliphatic carbocycles. The minimum absolute atomic E-state index is 0.0609. The van der Waals surface area contributed by atoms with Crippen LogP contribution in [0.4, 0.5) is 0 Å². The zero-order chi connectivity index (χ0) is 14.5. The van der Waals surface area contributed by atoms with E-state index in [1.807, 2.05) is 29.4 Å². The largest absolute Gasteiger partial charge is 0.339 e. The molecule has 1 fully saturated rings. The first kappa shape index (κ1) is 15.4. The van der Waals surface area contributed by atoms with Crippen molar-refractivity contribution in [3.63, 3.8) is 0 Å². The molecule has 1 aliphatic rings. The highest BCUT2D eigenvalue weighted by molar-refractivity contribution is 9.10. The topological polar surface area (TPSA) is 36.4 Å². The first-order valence-electron chi connectivity index (χ1n) is 7.12. The molecule has 1 aliphatic heterocycles. The van der Waals surface area contributed by atoms with Gasteiger partial charge in [0.15, 0.2) is 0 Å². The summed E-state index contributed by atoms with van der Waals surface area (Å²) in [4.78, 5) is 20.6. The number of hydrogen-bond acceptors (Lipinski definition) is 3. The number of rotatable bonds is 4. The summed E-state index contributed by atoms with van der Waals surface area (Å²) in [5.74, 6) is 0.556. The number of halogens is 1. The molecule has 0 bridgehead atoms. The van der Waals surface area contributed by atoms with Crippen LogP contribution in [0.2, 0.25) is 0 Å². The van der Waals surface area contributed by atoms with Gasteiger partial charge in [-0.25, -0.2) is 0 Å². The Morgan fingerprint density at radius 1 is 1.25 bits per heavy atom. The Labute approximate surface area is 129 Å². The molecule has 0 aromatic carbocycles. The normalized spacial score (nSPS) is 18.3. The lowest BCUT2D eigenvalue weighted by atomic mass is 10.1. The number of carbonyl (C=O) groups is 1. The minimum Gasteiger partial charge on any atom is -0.339 e. The molecule has 110 valence electrons. The van der Waals surface area contributed by atoms with E-state index in [1.54, 1.807) is 0 Å². The van der Waals surface area contributed by atoms with Crippen LogP contribution in [-0.2, 0) is 11.3 Å². The molecule has 0 N–H and O–H groups in total. The van der Waals surface area contributed by atoms with Gasteiger partial charge in [0.1, 0.15) is 0 Å². The zero-order valence-electron chi connectivity index (χ0n) is 12.1. The summed E-state index contributed by atoms with van der Waals surface area (Å²) in [7, 11) is 0. The summed E-state index contributed by atoms with van der Waals surface area (Å²) >= 11 is 3.50. The molecule has 2 rings (SSSR count). The van der Waals surface area contributed by atoms with E-state index in [2.05, 4.69) is 39.7 Å². The Balaban J connectivity index is 1.82. The zero-order valence-corrected chi connectivity index (χ0v) is 13.7. The Bertz CT molecular complexity index is 430. The maximum absolute atomic E-state index is 12.3. The SMILES string of the molecule is CC(C)C(Br)C(=O)N1CCN(Cc2ccncc2)CC1. The lowest BCUT2D eigenvalue weighted by Gasteiger charge is -2.36. The third-order valence-electron chi connectivity index (χ3n) is 3.66. The van der Waals surface area contributed by atoms with Gasteiger partial charge in [0.05, 0.1) is 4.83 Å². The van der Waals surface area contributed by atoms with Crippen molar-refractivity contribution in [1.82, 2.24) is 14.8 Å². The van der Waals surface area contributed by atoms with E-state index in [0.717, 1.165) is 32.7 Å². The highest BCUT2D eigenvalue weighted by atomic mass is 79.9. The number of amides is 1. The quantitative estimate of drug-likeness (QED) is 0.788. The summed E-state index contributed by atoms with van der Waals surface area (Å²) in [5, 5.41) is 0. The third kappa shape index (κ3) is 4.03. The van der Waals surface area contributed by atoms with E-state index in [-0.39, 0.29) is 10.7 Å². The van der Waals surface area contributed by atoms with Crippen LogP contribution in [0.3, 0.4) is 0 Å².